The van der Waals surface area contributed by atoms with Gasteiger partial charge in [0.2, 0.25) is 0 Å². The number of hydrogen-bond acceptors (Lipinski definition) is 2. The highest BCUT2D eigenvalue weighted by Gasteiger charge is 2.23. The highest BCUT2D eigenvalue weighted by atomic mass is 16.1. The normalized spacial score (nSPS) is 15.2. The van der Waals surface area contributed by atoms with Crippen molar-refractivity contribution < 1.29 is 0 Å². The summed E-state index contributed by atoms with van der Waals surface area (Å²) in [5.41, 5.74) is 4.08. The van der Waals surface area contributed by atoms with Crippen LogP contribution in [0.25, 0.3) is 5.69 Å². The Morgan fingerprint density at radius 2 is 2.12 bits per heavy atom. The summed E-state index contributed by atoms with van der Waals surface area (Å²) in [6, 6.07) is 7.95. The van der Waals surface area contributed by atoms with Crippen LogP contribution in [0.3, 0.4) is 0 Å². The Labute approximate surface area is 99.5 Å². The number of H-pyrrole nitrogens is 1. The summed E-state index contributed by atoms with van der Waals surface area (Å²) >= 11 is 0. The minimum absolute atomic E-state index is 0.0787. The second-order valence-corrected chi connectivity index (χ2v) is 4.72. The first-order valence-corrected chi connectivity index (χ1v) is 5.73. The van der Waals surface area contributed by atoms with Gasteiger partial charge in [0.1, 0.15) is 0 Å². The molecule has 1 aliphatic rings. The van der Waals surface area contributed by atoms with Gasteiger partial charge in [-0.15, -0.1) is 0 Å². The highest BCUT2D eigenvalue weighted by molar-refractivity contribution is 5.36. The van der Waals surface area contributed by atoms with Gasteiger partial charge in [0, 0.05) is 13.1 Å². The third-order valence-electron chi connectivity index (χ3n) is 3.19. The summed E-state index contributed by atoms with van der Waals surface area (Å²) < 4.78 is 1.64. The van der Waals surface area contributed by atoms with Crippen molar-refractivity contribution in [1.29, 1.82) is 0 Å². The van der Waals surface area contributed by atoms with E-state index in [1.165, 1.54) is 0 Å². The average Bonchev–Trinajstić information content (AvgIpc) is 2.78. The van der Waals surface area contributed by atoms with E-state index in [1.54, 1.807) is 4.68 Å². The van der Waals surface area contributed by atoms with Crippen molar-refractivity contribution in [3.8, 4) is 5.69 Å². The lowest BCUT2D eigenvalue weighted by Crippen LogP contribution is -2.20. The number of benzene rings is 1. The van der Waals surface area contributed by atoms with Crippen LogP contribution in [0.4, 0.5) is 0 Å². The Bertz CT molecular complexity index is 624. The molecule has 0 saturated carbocycles. The quantitative estimate of drug-likeness (QED) is 0.803. The van der Waals surface area contributed by atoms with Gasteiger partial charge in [-0.3, -0.25) is 14.8 Å². The Kier molecular flexibility index (Phi) is 2.19. The van der Waals surface area contributed by atoms with Crippen LogP contribution in [0, 0.1) is 6.92 Å². The standard InChI is InChI=1S/C13H15N3O/c1-9-4-3-5-10(6-9)16-13(17)11-7-15(2)8-12(11)14-16/h3-6,14H,7-8H2,1-2H3. The van der Waals surface area contributed by atoms with Crippen LogP contribution in [0.15, 0.2) is 29.1 Å². The third-order valence-corrected chi connectivity index (χ3v) is 3.19. The fourth-order valence-electron chi connectivity index (χ4n) is 2.36. The van der Waals surface area contributed by atoms with Gasteiger partial charge >= 0.3 is 0 Å². The number of aryl methyl sites for hydroxylation is 1. The molecule has 0 unspecified atom stereocenters. The molecule has 88 valence electrons. The molecule has 0 aliphatic carbocycles. The third kappa shape index (κ3) is 1.61. The molecule has 0 spiro atoms. The Morgan fingerprint density at radius 3 is 2.82 bits per heavy atom. The lowest BCUT2D eigenvalue weighted by Gasteiger charge is -2.07. The van der Waals surface area contributed by atoms with Crippen molar-refractivity contribution in [1.82, 2.24) is 14.7 Å². The molecule has 4 heteroatoms. The molecule has 1 N–H and O–H groups in total. The fourth-order valence-corrected chi connectivity index (χ4v) is 2.36. The van der Waals surface area contributed by atoms with E-state index in [0.29, 0.717) is 0 Å². The molecule has 2 heterocycles. The number of aromatic amines is 1. The van der Waals surface area contributed by atoms with Gasteiger partial charge in [-0.25, -0.2) is 4.68 Å². The van der Waals surface area contributed by atoms with Crippen LogP contribution in [0.2, 0.25) is 0 Å². The maximum Gasteiger partial charge on any atom is 0.276 e. The summed E-state index contributed by atoms with van der Waals surface area (Å²) in [5.74, 6) is 0. The fraction of sp³-hybridized carbons (Fsp3) is 0.308. The summed E-state index contributed by atoms with van der Waals surface area (Å²) in [5, 5.41) is 3.20. The predicted molar refractivity (Wildman–Crippen MR) is 66.3 cm³/mol. The van der Waals surface area contributed by atoms with Crippen molar-refractivity contribution in [3.63, 3.8) is 0 Å². The maximum atomic E-state index is 12.2. The minimum atomic E-state index is 0.0787. The maximum absolute atomic E-state index is 12.2. The van der Waals surface area contributed by atoms with Gasteiger partial charge in [0.25, 0.3) is 5.56 Å². The van der Waals surface area contributed by atoms with Crippen LogP contribution >= 0.6 is 0 Å². The number of nitrogens with one attached hydrogen (secondary N) is 1. The van der Waals surface area contributed by atoms with E-state index in [-0.39, 0.29) is 5.56 Å². The van der Waals surface area contributed by atoms with E-state index in [9.17, 15) is 4.79 Å². The topological polar surface area (TPSA) is 41.0 Å². The molecule has 1 aromatic heterocycles. The molecule has 0 bridgehead atoms. The number of hydrogen-bond donors (Lipinski definition) is 1. The lowest BCUT2D eigenvalue weighted by atomic mass is 10.2. The summed E-state index contributed by atoms with van der Waals surface area (Å²) in [7, 11) is 2.02. The molecule has 1 aliphatic heterocycles. The molecule has 0 saturated heterocycles. The van der Waals surface area contributed by atoms with E-state index < -0.39 is 0 Å². The van der Waals surface area contributed by atoms with E-state index in [0.717, 1.165) is 35.6 Å². The first kappa shape index (κ1) is 10.4. The van der Waals surface area contributed by atoms with Gasteiger partial charge < -0.3 is 0 Å². The van der Waals surface area contributed by atoms with Crippen molar-refractivity contribution in [2.24, 2.45) is 0 Å². The van der Waals surface area contributed by atoms with Gasteiger partial charge in [-0.2, -0.15) is 0 Å². The lowest BCUT2D eigenvalue weighted by molar-refractivity contribution is 0.346. The second kappa shape index (κ2) is 3.60. The van der Waals surface area contributed by atoms with Gasteiger partial charge in [-0.1, -0.05) is 12.1 Å². The molecule has 17 heavy (non-hydrogen) atoms. The SMILES string of the molecule is Cc1cccc(-n2[nH]c3c(c2=O)CN(C)C3)c1. The molecule has 2 aromatic rings. The Morgan fingerprint density at radius 1 is 1.29 bits per heavy atom. The van der Waals surface area contributed by atoms with E-state index in [4.69, 9.17) is 0 Å². The summed E-state index contributed by atoms with van der Waals surface area (Å²) in [4.78, 5) is 14.4. The number of rotatable bonds is 1. The van der Waals surface area contributed by atoms with Crippen LogP contribution in [0.5, 0.6) is 0 Å². The molecule has 0 fully saturated rings. The molecule has 4 nitrogen and oxygen atoms in total. The molecule has 0 amide bonds. The average molecular weight is 229 g/mol. The second-order valence-electron chi connectivity index (χ2n) is 4.72. The molecular formula is C13H15N3O. The van der Waals surface area contributed by atoms with Crippen molar-refractivity contribution >= 4 is 0 Å². The zero-order valence-corrected chi connectivity index (χ0v) is 10.0. The Hall–Kier alpha value is -1.81. The zero-order valence-electron chi connectivity index (χ0n) is 10.0. The smallest absolute Gasteiger partial charge is 0.276 e. The van der Waals surface area contributed by atoms with Crippen LogP contribution in [-0.2, 0) is 13.1 Å². The monoisotopic (exact) mass is 229 g/mol. The van der Waals surface area contributed by atoms with Crippen LogP contribution in [0.1, 0.15) is 16.8 Å². The van der Waals surface area contributed by atoms with Crippen LogP contribution in [-0.4, -0.2) is 21.7 Å². The molecule has 3 rings (SSSR count). The predicted octanol–water partition coefficient (Wildman–Crippen LogP) is 1.42. The van der Waals surface area contributed by atoms with Crippen molar-refractivity contribution in [3.05, 3.63) is 51.4 Å². The highest BCUT2D eigenvalue weighted by Crippen LogP contribution is 2.17. The molecular weight excluding hydrogens is 214 g/mol. The van der Waals surface area contributed by atoms with E-state index >= 15 is 0 Å². The van der Waals surface area contributed by atoms with Gasteiger partial charge in [-0.05, 0) is 31.7 Å². The van der Waals surface area contributed by atoms with Crippen molar-refractivity contribution in [2.45, 2.75) is 20.0 Å². The van der Waals surface area contributed by atoms with Crippen molar-refractivity contribution in [2.75, 3.05) is 7.05 Å². The molecule has 0 radical (unpaired) electrons. The molecule has 1 aromatic carbocycles. The van der Waals surface area contributed by atoms with Gasteiger partial charge in [0.05, 0.1) is 16.9 Å². The number of fused-ring (bicyclic) bond motifs is 1. The zero-order chi connectivity index (χ0) is 12.0. The summed E-state index contributed by atoms with van der Waals surface area (Å²) in [6.07, 6.45) is 0. The summed E-state index contributed by atoms with van der Waals surface area (Å²) in [6.45, 7) is 3.59. The van der Waals surface area contributed by atoms with Crippen LogP contribution < -0.4 is 5.56 Å². The van der Waals surface area contributed by atoms with Gasteiger partial charge in [0.15, 0.2) is 0 Å². The Balaban J connectivity index is 2.13. The molecule has 0 atom stereocenters. The first-order chi connectivity index (χ1) is 8.15. The largest absolute Gasteiger partial charge is 0.296 e. The van der Waals surface area contributed by atoms with E-state index in [1.807, 2.05) is 38.2 Å². The number of aromatic nitrogens is 2. The van der Waals surface area contributed by atoms with E-state index in [2.05, 4.69) is 10.00 Å². The number of nitrogens with zero attached hydrogens (tertiary/aromatic N) is 2. The first-order valence-electron chi connectivity index (χ1n) is 5.73. The minimum Gasteiger partial charge on any atom is -0.296 e.